The molecule has 1 aliphatic rings. The zero-order chi connectivity index (χ0) is 14.8. The normalized spacial score (nSPS) is 22.4. The van der Waals surface area contributed by atoms with Gasteiger partial charge in [0.15, 0.2) is 5.65 Å². The van der Waals surface area contributed by atoms with Gasteiger partial charge < -0.3 is 15.0 Å². The largest absolute Gasteiger partial charge is 0.396 e. The van der Waals surface area contributed by atoms with Gasteiger partial charge in [-0.3, -0.25) is 4.79 Å². The maximum atomic E-state index is 12.4. The average molecular weight is 288 g/mol. The van der Waals surface area contributed by atoms with E-state index in [1.165, 1.54) is 0 Å². The molecule has 0 aromatic carbocycles. The van der Waals surface area contributed by atoms with E-state index in [0.717, 1.165) is 31.3 Å². The fourth-order valence-electron chi connectivity index (χ4n) is 3.01. The fourth-order valence-corrected chi connectivity index (χ4v) is 3.01. The fraction of sp³-hybridized carbons (Fsp3) is 0.533. The number of fused-ring (bicyclic) bond motifs is 1. The summed E-state index contributed by atoms with van der Waals surface area (Å²) in [5.41, 5.74) is 1.99. The van der Waals surface area contributed by atoms with Gasteiger partial charge in [-0.05, 0) is 18.9 Å². The lowest BCUT2D eigenvalue weighted by molar-refractivity contribution is 0.0872. The first-order valence-electron chi connectivity index (χ1n) is 7.38. The number of aromatic nitrogens is 3. The topological polar surface area (TPSA) is 80.0 Å². The molecule has 0 bridgehead atoms. The molecule has 0 saturated heterocycles. The van der Waals surface area contributed by atoms with Crippen molar-refractivity contribution in [1.29, 1.82) is 0 Å². The molecule has 6 heteroatoms. The van der Waals surface area contributed by atoms with Crippen molar-refractivity contribution in [1.82, 2.24) is 19.9 Å². The number of carbonyl (C=O) groups is 1. The molecular formula is C15H20N4O2. The number of aryl methyl sites for hydroxylation is 1. The summed E-state index contributed by atoms with van der Waals surface area (Å²) >= 11 is 0. The van der Waals surface area contributed by atoms with Crippen molar-refractivity contribution in [2.24, 2.45) is 13.0 Å². The summed E-state index contributed by atoms with van der Waals surface area (Å²) in [6, 6.07) is 1.81. The maximum Gasteiger partial charge on any atom is 0.253 e. The number of nitrogens with zero attached hydrogens (tertiary/aromatic N) is 3. The monoisotopic (exact) mass is 288 g/mol. The van der Waals surface area contributed by atoms with Crippen LogP contribution in [0.2, 0.25) is 0 Å². The molecule has 0 spiro atoms. The van der Waals surface area contributed by atoms with Crippen molar-refractivity contribution in [2.45, 2.75) is 31.7 Å². The summed E-state index contributed by atoms with van der Waals surface area (Å²) in [5.74, 6) is 0.0228. The van der Waals surface area contributed by atoms with Crippen molar-refractivity contribution < 1.29 is 9.90 Å². The predicted octanol–water partition coefficient (Wildman–Crippen LogP) is 1.25. The molecule has 1 aliphatic carbocycles. The van der Waals surface area contributed by atoms with Crippen molar-refractivity contribution in [2.75, 3.05) is 6.61 Å². The first kappa shape index (κ1) is 14.0. The minimum Gasteiger partial charge on any atom is -0.396 e. The molecule has 2 atom stereocenters. The van der Waals surface area contributed by atoms with Crippen LogP contribution < -0.4 is 5.32 Å². The molecule has 3 rings (SSSR count). The number of pyridine rings is 1. The van der Waals surface area contributed by atoms with E-state index in [0.29, 0.717) is 11.1 Å². The van der Waals surface area contributed by atoms with E-state index in [-0.39, 0.29) is 24.5 Å². The number of amides is 1. The van der Waals surface area contributed by atoms with Gasteiger partial charge in [-0.25, -0.2) is 9.97 Å². The number of aliphatic hydroxyl groups excluding tert-OH is 1. The second-order valence-electron chi connectivity index (χ2n) is 5.73. The van der Waals surface area contributed by atoms with E-state index in [2.05, 4.69) is 15.3 Å². The van der Waals surface area contributed by atoms with Gasteiger partial charge in [0.1, 0.15) is 5.52 Å². The third kappa shape index (κ3) is 2.76. The number of rotatable bonds is 3. The Morgan fingerprint density at radius 2 is 2.24 bits per heavy atom. The van der Waals surface area contributed by atoms with E-state index in [1.807, 2.05) is 11.6 Å². The standard InChI is InChI=1S/C15H20N4O2/c1-19-9-17-13-6-11(7-16-14(13)19)15(21)18-12-5-3-2-4-10(12)8-20/h6-7,9-10,12,20H,2-5,8H2,1H3,(H,18,21). The SMILES string of the molecule is Cn1cnc2cc(C(=O)NC3CCCCC3CO)cnc21. The Balaban J connectivity index is 1.76. The molecule has 21 heavy (non-hydrogen) atoms. The lowest BCUT2D eigenvalue weighted by Gasteiger charge is -2.30. The van der Waals surface area contributed by atoms with E-state index in [4.69, 9.17) is 0 Å². The predicted molar refractivity (Wildman–Crippen MR) is 78.8 cm³/mol. The zero-order valence-electron chi connectivity index (χ0n) is 12.1. The Morgan fingerprint density at radius 1 is 1.43 bits per heavy atom. The van der Waals surface area contributed by atoms with E-state index < -0.39 is 0 Å². The quantitative estimate of drug-likeness (QED) is 0.890. The van der Waals surface area contributed by atoms with Gasteiger partial charge in [-0.1, -0.05) is 12.8 Å². The van der Waals surface area contributed by atoms with E-state index >= 15 is 0 Å². The van der Waals surface area contributed by atoms with Crippen LogP contribution in [0.3, 0.4) is 0 Å². The van der Waals surface area contributed by atoms with Crippen molar-refractivity contribution in [3.05, 3.63) is 24.2 Å². The molecule has 1 fully saturated rings. The average Bonchev–Trinajstić information content (AvgIpc) is 2.88. The van der Waals surface area contributed by atoms with Gasteiger partial charge in [0.2, 0.25) is 0 Å². The summed E-state index contributed by atoms with van der Waals surface area (Å²) in [5, 5.41) is 12.4. The summed E-state index contributed by atoms with van der Waals surface area (Å²) in [6.45, 7) is 0.127. The molecule has 0 radical (unpaired) electrons. The van der Waals surface area contributed by atoms with Gasteiger partial charge in [-0.15, -0.1) is 0 Å². The van der Waals surface area contributed by atoms with Gasteiger partial charge in [0.05, 0.1) is 11.9 Å². The van der Waals surface area contributed by atoms with E-state index in [9.17, 15) is 9.90 Å². The Hall–Kier alpha value is -1.95. The molecule has 2 N–H and O–H groups in total. The summed E-state index contributed by atoms with van der Waals surface area (Å²) in [4.78, 5) is 20.9. The number of hydrogen-bond acceptors (Lipinski definition) is 4. The van der Waals surface area contributed by atoms with Crippen LogP contribution in [0.1, 0.15) is 36.0 Å². The molecule has 6 nitrogen and oxygen atoms in total. The number of imidazole rings is 1. The molecule has 2 unspecified atom stereocenters. The second kappa shape index (κ2) is 5.81. The molecule has 0 aliphatic heterocycles. The first-order chi connectivity index (χ1) is 10.2. The first-order valence-corrected chi connectivity index (χ1v) is 7.38. The van der Waals surface area contributed by atoms with Gasteiger partial charge >= 0.3 is 0 Å². The second-order valence-corrected chi connectivity index (χ2v) is 5.73. The highest BCUT2D eigenvalue weighted by molar-refractivity contribution is 5.96. The number of aliphatic hydroxyl groups is 1. The minimum atomic E-state index is -0.139. The van der Waals surface area contributed by atoms with Crippen LogP contribution in [0.15, 0.2) is 18.6 Å². The third-order valence-corrected chi connectivity index (χ3v) is 4.27. The van der Waals surface area contributed by atoms with Crippen LogP contribution in [0.25, 0.3) is 11.2 Å². The molecular weight excluding hydrogens is 268 g/mol. The van der Waals surface area contributed by atoms with Crippen LogP contribution in [0, 0.1) is 5.92 Å². The summed E-state index contributed by atoms with van der Waals surface area (Å²) < 4.78 is 1.82. The summed E-state index contributed by atoms with van der Waals surface area (Å²) in [6.07, 6.45) is 7.38. The molecule has 1 amide bonds. The van der Waals surface area contributed by atoms with Crippen LogP contribution in [0.4, 0.5) is 0 Å². The Bertz CT molecular complexity index is 652. The smallest absolute Gasteiger partial charge is 0.253 e. The van der Waals surface area contributed by atoms with Gasteiger partial charge in [0.25, 0.3) is 5.91 Å². The van der Waals surface area contributed by atoms with Crippen LogP contribution in [-0.2, 0) is 7.05 Å². The number of hydrogen-bond donors (Lipinski definition) is 2. The van der Waals surface area contributed by atoms with Crippen LogP contribution in [0.5, 0.6) is 0 Å². The highest BCUT2D eigenvalue weighted by Gasteiger charge is 2.26. The lowest BCUT2D eigenvalue weighted by atomic mass is 9.85. The van der Waals surface area contributed by atoms with Gasteiger partial charge in [-0.2, -0.15) is 0 Å². The van der Waals surface area contributed by atoms with Crippen LogP contribution in [-0.4, -0.2) is 38.2 Å². The molecule has 1 saturated carbocycles. The number of nitrogens with one attached hydrogen (secondary N) is 1. The Morgan fingerprint density at radius 3 is 3.05 bits per heavy atom. The van der Waals surface area contributed by atoms with Crippen LogP contribution >= 0.6 is 0 Å². The minimum absolute atomic E-state index is 0.0516. The Labute approximate surface area is 123 Å². The molecule has 2 aromatic rings. The zero-order valence-corrected chi connectivity index (χ0v) is 12.1. The van der Waals surface area contributed by atoms with Gasteiger partial charge in [0, 0.05) is 31.8 Å². The molecule has 112 valence electrons. The maximum absolute atomic E-state index is 12.4. The van der Waals surface area contributed by atoms with Crippen molar-refractivity contribution >= 4 is 17.1 Å². The highest BCUT2D eigenvalue weighted by atomic mass is 16.3. The third-order valence-electron chi connectivity index (χ3n) is 4.27. The summed E-state index contributed by atoms with van der Waals surface area (Å²) in [7, 11) is 1.87. The van der Waals surface area contributed by atoms with E-state index in [1.54, 1.807) is 18.6 Å². The van der Waals surface area contributed by atoms with Crippen molar-refractivity contribution in [3.8, 4) is 0 Å². The Kier molecular flexibility index (Phi) is 3.88. The highest BCUT2D eigenvalue weighted by Crippen LogP contribution is 2.24. The molecule has 2 aromatic heterocycles. The molecule has 2 heterocycles. The van der Waals surface area contributed by atoms with Crippen molar-refractivity contribution in [3.63, 3.8) is 0 Å². The lowest BCUT2D eigenvalue weighted by Crippen LogP contribution is -2.43. The number of carbonyl (C=O) groups excluding carboxylic acids is 1.